The maximum Gasteiger partial charge on any atom is 0.414 e. The van der Waals surface area contributed by atoms with E-state index in [-0.39, 0.29) is 24.5 Å². The highest BCUT2D eigenvalue weighted by Crippen LogP contribution is 2.50. The number of hydrogen-bond donors (Lipinski definition) is 0. The lowest BCUT2D eigenvalue weighted by Crippen LogP contribution is -2.51. The van der Waals surface area contributed by atoms with Gasteiger partial charge >= 0.3 is 6.09 Å². The molecule has 8 heteroatoms. The summed E-state index contributed by atoms with van der Waals surface area (Å²) < 4.78 is 19.1. The minimum Gasteiger partial charge on any atom is -0.447 e. The summed E-state index contributed by atoms with van der Waals surface area (Å²) >= 11 is 0. The van der Waals surface area contributed by atoms with Gasteiger partial charge in [0.25, 0.3) is 11.8 Å². The highest BCUT2D eigenvalue weighted by atomic mass is 19.1. The summed E-state index contributed by atoms with van der Waals surface area (Å²) in [5.41, 5.74) is 2.92. The van der Waals surface area contributed by atoms with E-state index in [4.69, 9.17) is 4.74 Å². The molecule has 1 unspecified atom stereocenters. The third-order valence-electron chi connectivity index (χ3n) is 8.27. The van der Waals surface area contributed by atoms with Crippen LogP contribution in [0, 0.1) is 5.82 Å². The summed E-state index contributed by atoms with van der Waals surface area (Å²) in [5, 5.41) is 0. The summed E-state index contributed by atoms with van der Waals surface area (Å²) in [5.74, 6) is -0.875. The molecule has 0 aliphatic carbocycles. The molecule has 3 aliphatic rings. The SMILES string of the molecule is O=C1OC[C@H](Cc2ccccc2)N1c1ccc(C23c4ccccc4C(=O)N2CCN3C(=O)c2ccc(F)cc2)cc1. The van der Waals surface area contributed by atoms with Crippen molar-refractivity contribution in [3.8, 4) is 0 Å². The highest BCUT2D eigenvalue weighted by Gasteiger charge is 2.59. The number of fused-ring (bicyclic) bond motifs is 3. The van der Waals surface area contributed by atoms with E-state index in [9.17, 15) is 18.8 Å². The first-order valence-corrected chi connectivity index (χ1v) is 13.6. The average Bonchev–Trinajstić information content (AvgIpc) is 3.65. The number of anilines is 1. The molecule has 41 heavy (non-hydrogen) atoms. The van der Waals surface area contributed by atoms with Gasteiger partial charge in [-0.15, -0.1) is 0 Å². The lowest BCUT2D eigenvalue weighted by atomic mass is 9.89. The Bertz CT molecular complexity index is 1660. The molecule has 0 saturated carbocycles. The van der Waals surface area contributed by atoms with Gasteiger partial charge in [0, 0.05) is 41.0 Å². The van der Waals surface area contributed by atoms with Crippen LogP contribution in [0.15, 0.2) is 103 Å². The molecule has 0 N–H and O–H groups in total. The van der Waals surface area contributed by atoms with Crippen molar-refractivity contribution in [2.75, 3.05) is 24.6 Å². The Hall–Kier alpha value is -4.98. The quantitative estimate of drug-likeness (QED) is 0.344. The lowest BCUT2D eigenvalue weighted by molar-refractivity contribution is 0.0375. The van der Waals surface area contributed by atoms with Gasteiger partial charge in [-0.25, -0.2) is 9.18 Å². The molecule has 7 nitrogen and oxygen atoms in total. The minimum atomic E-state index is -1.17. The second-order valence-corrected chi connectivity index (χ2v) is 10.5. The van der Waals surface area contributed by atoms with E-state index in [1.807, 2.05) is 72.8 Å². The van der Waals surface area contributed by atoms with Crippen LogP contribution < -0.4 is 4.90 Å². The molecule has 3 aliphatic heterocycles. The molecule has 2 saturated heterocycles. The molecule has 0 radical (unpaired) electrons. The third-order valence-corrected chi connectivity index (χ3v) is 8.27. The van der Waals surface area contributed by atoms with Crippen LogP contribution in [-0.4, -0.2) is 53.4 Å². The van der Waals surface area contributed by atoms with Crippen molar-refractivity contribution in [3.05, 3.63) is 137 Å². The van der Waals surface area contributed by atoms with Crippen molar-refractivity contribution in [1.29, 1.82) is 0 Å². The topological polar surface area (TPSA) is 70.2 Å². The van der Waals surface area contributed by atoms with Gasteiger partial charge in [0.1, 0.15) is 12.4 Å². The first kappa shape index (κ1) is 25.0. The zero-order valence-corrected chi connectivity index (χ0v) is 22.1. The number of cyclic esters (lactones) is 1. The van der Waals surface area contributed by atoms with E-state index < -0.39 is 17.6 Å². The smallest absolute Gasteiger partial charge is 0.414 e. The largest absolute Gasteiger partial charge is 0.447 e. The molecule has 3 amide bonds. The molecule has 0 bridgehead atoms. The van der Waals surface area contributed by atoms with E-state index in [0.29, 0.717) is 41.9 Å². The van der Waals surface area contributed by atoms with Gasteiger partial charge in [0.2, 0.25) is 0 Å². The first-order valence-electron chi connectivity index (χ1n) is 13.6. The number of amides is 3. The van der Waals surface area contributed by atoms with E-state index in [1.165, 1.54) is 24.3 Å². The Balaban J connectivity index is 1.30. The Morgan fingerprint density at radius 3 is 2.32 bits per heavy atom. The van der Waals surface area contributed by atoms with Crippen LogP contribution in [0.2, 0.25) is 0 Å². The highest BCUT2D eigenvalue weighted by molar-refractivity contribution is 6.04. The zero-order valence-electron chi connectivity index (χ0n) is 22.1. The summed E-state index contributed by atoms with van der Waals surface area (Å²) in [6, 6.07) is 30.0. The number of rotatable bonds is 5. The van der Waals surface area contributed by atoms with Gasteiger partial charge in [-0.1, -0.05) is 60.7 Å². The van der Waals surface area contributed by atoms with Crippen LogP contribution in [-0.2, 0) is 16.8 Å². The summed E-state index contributed by atoms with van der Waals surface area (Å²) in [7, 11) is 0. The number of halogens is 1. The van der Waals surface area contributed by atoms with Gasteiger partial charge in [-0.2, -0.15) is 0 Å². The molecule has 7 rings (SSSR count). The molecule has 204 valence electrons. The summed E-state index contributed by atoms with van der Waals surface area (Å²) in [6.45, 7) is 0.949. The normalized spacial score (nSPS) is 21.2. The monoisotopic (exact) mass is 547 g/mol. The molecule has 3 heterocycles. The summed E-state index contributed by atoms with van der Waals surface area (Å²) in [4.78, 5) is 45.4. The van der Waals surface area contributed by atoms with E-state index >= 15 is 0 Å². The van der Waals surface area contributed by atoms with Crippen LogP contribution in [0.5, 0.6) is 0 Å². The van der Waals surface area contributed by atoms with E-state index in [2.05, 4.69) is 0 Å². The fourth-order valence-corrected chi connectivity index (χ4v) is 6.46. The first-order chi connectivity index (χ1) is 20.0. The van der Waals surface area contributed by atoms with Crippen molar-refractivity contribution in [3.63, 3.8) is 0 Å². The minimum absolute atomic E-state index is 0.148. The number of hydrogen-bond acceptors (Lipinski definition) is 4. The van der Waals surface area contributed by atoms with Gasteiger partial charge in [0.05, 0.1) is 6.04 Å². The fourth-order valence-electron chi connectivity index (χ4n) is 6.46. The molecule has 0 spiro atoms. The summed E-state index contributed by atoms with van der Waals surface area (Å²) in [6.07, 6.45) is 0.238. The van der Waals surface area contributed by atoms with Crippen LogP contribution in [0.3, 0.4) is 0 Å². The van der Waals surface area contributed by atoms with Crippen molar-refractivity contribution < 1.29 is 23.5 Å². The van der Waals surface area contributed by atoms with E-state index in [1.54, 1.807) is 20.8 Å². The van der Waals surface area contributed by atoms with E-state index in [0.717, 1.165) is 11.1 Å². The molecule has 2 fully saturated rings. The molecular weight excluding hydrogens is 521 g/mol. The maximum atomic E-state index is 13.9. The molecule has 0 aromatic heterocycles. The Morgan fingerprint density at radius 1 is 0.854 bits per heavy atom. The van der Waals surface area contributed by atoms with Crippen molar-refractivity contribution in [1.82, 2.24) is 9.80 Å². The predicted molar refractivity (Wildman–Crippen MR) is 150 cm³/mol. The zero-order chi connectivity index (χ0) is 28.1. The Kier molecular flexibility index (Phi) is 5.85. The van der Waals surface area contributed by atoms with Crippen LogP contribution in [0.4, 0.5) is 14.9 Å². The standard InChI is InChI=1S/C33H26FN3O4/c34-25-14-10-23(11-15-25)30(38)35-18-19-36-31(39)28-8-4-5-9-29(28)33(35,36)24-12-16-26(17-13-24)37-27(21-41-32(37)40)20-22-6-2-1-3-7-22/h1-17,27H,18-21H2/t27-,33?/m0/s1. The fraction of sp³-hybridized carbons (Fsp3) is 0.182. The maximum absolute atomic E-state index is 13.9. The van der Waals surface area contributed by atoms with Gasteiger partial charge in [-0.3, -0.25) is 14.5 Å². The number of nitrogens with zero attached hydrogens (tertiary/aromatic N) is 3. The number of ether oxygens (including phenoxy) is 1. The molecule has 4 aromatic carbocycles. The van der Waals surface area contributed by atoms with Gasteiger partial charge in [-0.05, 0) is 54.4 Å². The Morgan fingerprint density at radius 2 is 1.56 bits per heavy atom. The van der Waals surface area contributed by atoms with Crippen molar-refractivity contribution in [2.45, 2.75) is 18.1 Å². The van der Waals surface area contributed by atoms with Crippen LogP contribution >= 0.6 is 0 Å². The van der Waals surface area contributed by atoms with Gasteiger partial charge < -0.3 is 14.5 Å². The van der Waals surface area contributed by atoms with Crippen LogP contribution in [0.25, 0.3) is 0 Å². The molecule has 2 atom stereocenters. The third kappa shape index (κ3) is 3.82. The second-order valence-electron chi connectivity index (χ2n) is 10.5. The Labute approximate surface area is 236 Å². The van der Waals surface area contributed by atoms with Gasteiger partial charge in [0.15, 0.2) is 5.66 Å². The van der Waals surface area contributed by atoms with Crippen molar-refractivity contribution >= 4 is 23.6 Å². The lowest BCUT2D eigenvalue weighted by Gasteiger charge is -2.40. The predicted octanol–water partition coefficient (Wildman–Crippen LogP) is 5.21. The number of carbonyl (C=O) groups is 3. The molecule has 4 aromatic rings. The second kappa shape index (κ2) is 9.59. The average molecular weight is 548 g/mol. The number of benzene rings is 4. The number of carbonyl (C=O) groups excluding carboxylic acids is 3. The van der Waals surface area contributed by atoms with Crippen molar-refractivity contribution in [2.24, 2.45) is 0 Å². The molecular formula is C33H26FN3O4. The van der Waals surface area contributed by atoms with Crippen LogP contribution in [0.1, 0.15) is 37.4 Å².